The van der Waals surface area contributed by atoms with Crippen molar-refractivity contribution in [3.05, 3.63) is 43.1 Å². The Bertz CT molecular complexity index is 357. The number of nitrogens with zero attached hydrogens (tertiary/aromatic N) is 1. The molecule has 1 aromatic carbocycles. The van der Waals surface area contributed by atoms with E-state index in [1.165, 1.54) is 11.1 Å². The second-order valence-corrected chi connectivity index (χ2v) is 3.47. The lowest BCUT2D eigenvalue weighted by atomic mass is 10.3. The van der Waals surface area contributed by atoms with E-state index in [0.29, 0.717) is 0 Å². The van der Waals surface area contributed by atoms with Crippen molar-refractivity contribution in [3.63, 3.8) is 0 Å². The first-order chi connectivity index (χ1) is 7.31. The highest BCUT2D eigenvalue weighted by Gasteiger charge is 2.28. The van der Waals surface area contributed by atoms with Crippen molar-refractivity contribution in [2.24, 2.45) is 0 Å². The second kappa shape index (κ2) is 4.17. The minimum Gasteiger partial charge on any atom is -0.446 e. The molecule has 0 heterocycles. The van der Waals surface area contributed by atoms with Crippen molar-refractivity contribution >= 4 is 11.8 Å². The summed E-state index contributed by atoms with van der Waals surface area (Å²) >= 11 is 0. The number of amides is 1. The van der Waals surface area contributed by atoms with Crippen LogP contribution in [0.1, 0.15) is 12.8 Å². The van der Waals surface area contributed by atoms with Crippen LogP contribution in [0.5, 0.6) is 0 Å². The van der Waals surface area contributed by atoms with E-state index in [9.17, 15) is 4.79 Å². The SMILES string of the molecule is C=CN(C(=O)OC1CC1)c1ccccc1. The third kappa shape index (κ3) is 2.37. The monoisotopic (exact) mass is 203 g/mol. The molecular formula is C12H13NO2. The van der Waals surface area contributed by atoms with E-state index in [1.807, 2.05) is 30.3 Å². The maximum Gasteiger partial charge on any atom is 0.418 e. The van der Waals surface area contributed by atoms with E-state index >= 15 is 0 Å². The van der Waals surface area contributed by atoms with Crippen LogP contribution in [0.25, 0.3) is 0 Å². The van der Waals surface area contributed by atoms with E-state index < -0.39 is 0 Å². The lowest BCUT2D eigenvalue weighted by Crippen LogP contribution is -2.26. The number of benzene rings is 1. The molecule has 0 bridgehead atoms. The van der Waals surface area contributed by atoms with Crippen molar-refractivity contribution in [1.29, 1.82) is 0 Å². The Kier molecular flexibility index (Phi) is 2.72. The number of anilines is 1. The summed E-state index contributed by atoms with van der Waals surface area (Å²) < 4.78 is 5.18. The van der Waals surface area contributed by atoms with Gasteiger partial charge in [0.25, 0.3) is 0 Å². The Morgan fingerprint density at radius 1 is 1.40 bits per heavy atom. The maximum absolute atomic E-state index is 11.7. The number of hydrogen-bond donors (Lipinski definition) is 0. The molecular weight excluding hydrogens is 190 g/mol. The third-order valence-corrected chi connectivity index (χ3v) is 2.21. The Morgan fingerprint density at radius 3 is 2.60 bits per heavy atom. The standard InChI is InChI=1S/C12H13NO2/c1-2-13(10-6-4-3-5-7-10)12(14)15-11-8-9-11/h2-7,11H,1,8-9H2. The fourth-order valence-electron chi connectivity index (χ4n) is 1.26. The quantitative estimate of drug-likeness (QED) is 0.755. The van der Waals surface area contributed by atoms with Crippen LogP contribution in [-0.2, 0) is 4.74 Å². The Hall–Kier alpha value is -1.77. The zero-order chi connectivity index (χ0) is 10.7. The number of rotatable bonds is 3. The van der Waals surface area contributed by atoms with Crippen molar-refractivity contribution < 1.29 is 9.53 Å². The molecule has 3 heteroatoms. The maximum atomic E-state index is 11.7. The summed E-state index contributed by atoms with van der Waals surface area (Å²) in [5.74, 6) is 0. The zero-order valence-electron chi connectivity index (χ0n) is 8.43. The van der Waals surface area contributed by atoms with Gasteiger partial charge in [-0.2, -0.15) is 0 Å². The smallest absolute Gasteiger partial charge is 0.418 e. The molecule has 0 saturated heterocycles. The van der Waals surface area contributed by atoms with Gasteiger partial charge in [0, 0.05) is 6.20 Å². The highest BCUT2D eigenvalue weighted by molar-refractivity contribution is 5.89. The second-order valence-electron chi connectivity index (χ2n) is 3.47. The van der Waals surface area contributed by atoms with Gasteiger partial charge in [0.2, 0.25) is 0 Å². The first kappa shape index (κ1) is 9.77. The molecule has 0 aromatic heterocycles. The average molecular weight is 203 g/mol. The Balaban J connectivity index is 2.08. The van der Waals surface area contributed by atoms with Crippen molar-refractivity contribution in [3.8, 4) is 0 Å². The molecule has 0 spiro atoms. The van der Waals surface area contributed by atoms with Gasteiger partial charge in [-0.1, -0.05) is 24.8 Å². The summed E-state index contributed by atoms with van der Waals surface area (Å²) in [5, 5.41) is 0. The number of ether oxygens (including phenoxy) is 1. The molecule has 0 N–H and O–H groups in total. The van der Waals surface area contributed by atoms with E-state index in [4.69, 9.17) is 4.74 Å². The summed E-state index contributed by atoms with van der Waals surface area (Å²) in [7, 11) is 0. The first-order valence-electron chi connectivity index (χ1n) is 4.98. The molecule has 2 rings (SSSR count). The molecule has 1 fully saturated rings. The highest BCUT2D eigenvalue weighted by Crippen LogP contribution is 2.25. The molecule has 1 aliphatic carbocycles. The van der Waals surface area contributed by atoms with Gasteiger partial charge in [-0.05, 0) is 25.0 Å². The molecule has 3 nitrogen and oxygen atoms in total. The average Bonchev–Trinajstić information content (AvgIpc) is 3.04. The summed E-state index contributed by atoms with van der Waals surface area (Å²) in [6.07, 6.45) is 3.19. The predicted molar refractivity (Wildman–Crippen MR) is 58.6 cm³/mol. The normalized spacial score (nSPS) is 14.4. The van der Waals surface area contributed by atoms with Gasteiger partial charge in [-0.15, -0.1) is 0 Å². The van der Waals surface area contributed by atoms with E-state index in [1.54, 1.807) is 0 Å². The summed E-state index contributed by atoms with van der Waals surface area (Å²) in [4.78, 5) is 13.1. The number of hydrogen-bond acceptors (Lipinski definition) is 2. The third-order valence-electron chi connectivity index (χ3n) is 2.21. The van der Waals surface area contributed by atoms with Crippen LogP contribution in [0.15, 0.2) is 43.1 Å². The van der Waals surface area contributed by atoms with Gasteiger partial charge in [-0.3, -0.25) is 4.90 Å². The molecule has 0 atom stereocenters. The molecule has 1 amide bonds. The van der Waals surface area contributed by atoms with Crippen molar-refractivity contribution in [1.82, 2.24) is 0 Å². The molecule has 15 heavy (non-hydrogen) atoms. The van der Waals surface area contributed by atoms with Crippen LogP contribution >= 0.6 is 0 Å². The van der Waals surface area contributed by atoms with Crippen LogP contribution < -0.4 is 4.90 Å². The van der Waals surface area contributed by atoms with Crippen LogP contribution in [0, 0.1) is 0 Å². The summed E-state index contributed by atoms with van der Waals surface area (Å²) in [6.45, 7) is 3.61. The molecule has 0 unspecified atom stereocenters. The first-order valence-corrected chi connectivity index (χ1v) is 4.98. The predicted octanol–water partition coefficient (Wildman–Crippen LogP) is 2.94. The topological polar surface area (TPSA) is 29.5 Å². The number of para-hydroxylation sites is 1. The lowest BCUT2D eigenvalue weighted by Gasteiger charge is -2.17. The van der Waals surface area contributed by atoms with E-state index in [-0.39, 0.29) is 12.2 Å². The van der Waals surface area contributed by atoms with Crippen LogP contribution in [-0.4, -0.2) is 12.2 Å². The Morgan fingerprint density at radius 2 is 2.07 bits per heavy atom. The lowest BCUT2D eigenvalue weighted by molar-refractivity contribution is 0.149. The molecule has 1 aromatic rings. The largest absolute Gasteiger partial charge is 0.446 e. The molecule has 78 valence electrons. The highest BCUT2D eigenvalue weighted by atomic mass is 16.6. The molecule has 0 aliphatic heterocycles. The van der Waals surface area contributed by atoms with Crippen LogP contribution in [0.2, 0.25) is 0 Å². The van der Waals surface area contributed by atoms with Gasteiger partial charge in [0.05, 0.1) is 5.69 Å². The van der Waals surface area contributed by atoms with Gasteiger partial charge >= 0.3 is 6.09 Å². The fourth-order valence-corrected chi connectivity index (χ4v) is 1.26. The molecule has 0 radical (unpaired) electrons. The summed E-state index contributed by atoms with van der Waals surface area (Å²) in [6, 6.07) is 9.33. The van der Waals surface area contributed by atoms with Crippen LogP contribution in [0.4, 0.5) is 10.5 Å². The van der Waals surface area contributed by atoms with Gasteiger partial charge in [0.15, 0.2) is 0 Å². The fraction of sp³-hybridized carbons (Fsp3) is 0.250. The zero-order valence-corrected chi connectivity index (χ0v) is 8.43. The van der Waals surface area contributed by atoms with Gasteiger partial charge in [-0.25, -0.2) is 4.79 Å². The van der Waals surface area contributed by atoms with Crippen LogP contribution in [0.3, 0.4) is 0 Å². The van der Waals surface area contributed by atoms with Crippen molar-refractivity contribution in [2.75, 3.05) is 4.90 Å². The van der Waals surface area contributed by atoms with Crippen molar-refractivity contribution in [2.45, 2.75) is 18.9 Å². The van der Waals surface area contributed by atoms with Gasteiger partial charge in [0.1, 0.15) is 6.10 Å². The van der Waals surface area contributed by atoms with Gasteiger partial charge < -0.3 is 4.74 Å². The number of carbonyl (C=O) groups is 1. The molecule has 1 aliphatic rings. The number of carbonyl (C=O) groups excluding carboxylic acids is 1. The van der Waals surface area contributed by atoms with E-state index in [2.05, 4.69) is 6.58 Å². The summed E-state index contributed by atoms with van der Waals surface area (Å²) in [5.41, 5.74) is 0.776. The molecule has 1 saturated carbocycles. The Labute approximate surface area is 89.0 Å². The van der Waals surface area contributed by atoms with E-state index in [0.717, 1.165) is 18.5 Å². The minimum absolute atomic E-state index is 0.115. The minimum atomic E-state index is -0.348.